The van der Waals surface area contributed by atoms with Crippen LogP contribution in [0.1, 0.15) is 11.1 Å². The molecule has 0 atom stereocenters. The van der Waals surface area contributed by atoms with Gasteiger partial charge in [0.05, 0.1) is 19.8 Å². The van der Waals surface area contributed by atoms with Crippen molar-refractivity contribution >= 4 is 45.5 Å². The van der Waals surface area contributed by atoms with Gasteiger partial charge in [0, 0.05) is 48.0 Å². The summed E-state index contributed by atoms with van der Waals surface area (Å²) in [4.78, 5) is 20.2. The summed E-state index contributed by atoms with van der Waals surface area (Å²) in [7, 11) is 0. The van der Waals surface area contributed by atoms with Gasteiger partial charge in [-0.25, -0.2) is 0 Å². The highest BCUT2D eigenvalue weighted by molar-refractivity contribution is 7.80. The fraction of sp³-hybridized carbons (Fsp3) is 0.333. The lowest BCUT2D eigenvalue weighted by atomic mass is 10.1. The number of nitrogens with zero attached hydrogens (tertiary/aromatic N) is 2. The highest BCUT2D eigenvalue weighted by Gasteiger charge is 2.17. The summed E-state index contributed by atoms with van der Waals surface area (Å²) < 4.78 is 5.45. The number of nitrogens with one attached hydrogen (secondary N) is 2. The van der Waals surface area contributed by atoms with E-state index in [1.165, 1.54) is 0 Å². The van der Waals surface area contributed by atoms with E-state index in [4.69, 9.17) is 28.6 Å². The standard InChI is InChI=1S/C24H27ClN4O2S/c1-17-5-6-18-14-19(23(30)27-22(18)13-17)16-29(8-7-28-9-11-31-12-10-28)24(32)26-21-4-2-3-20(25)15-21/h2-6,13-15H,7-12,16H2,1H3,(H,26,32)(H,27,30). The van der Waals surface area contributed by atoms with Crippen molar-refractivity contribution in [2.75, 3.05) is 44.7 Å². The van der Waals surface area contributed by atoms with E-state index in [0.29, 0.717) is 28.8 Å². The quantitative estimate of drug-likeness (QED) is 0.530. The Kier molecular flexibility index (Phi) is 7.42. The minimum Gasteiger partial charge on any atom is -0.379 e. The van der Waals surface area contributed by atoms with Gasteiger partial charge >= 0.3 is 0 Å². The zero-order chi connectivity index (χ0) is 22.5. The molecule has 0 saturated carbocycles. The highest BCUT2D eigenvalue weighted by atomic mass is 35.5. The Bertz CT molecular complexity index is 1160. The molecule has 1 fully saturated rings. The van der Waals surface area contributed by atoms with Crippen LogP contribution in [0.15, 0.2) is 53.3 Å². The summed E-state index contributed by atoms with van der Waals surface area (Å²) in [5, 5.41) is 5.48. The van der Waals surface area contributed by atoms with Crippen molar-refractivity contribution in [2.45, 2.75) is 13.5 Å². The molecule has 0 spiro atoms. The average Bonchev–Trinajstić information content (AvgIpc) is 2.77. The molecule has 1 saturated heterocycles. The van der Waals surface area contributed by atoms with Gasteiger partial charge in [-0.15, -0.1) is 0 Å². The Morgan fingerprint density at radius 3 is 2.81 bits per heavy atom. The first kappa shape index (κ1) is 22.7. The molecule has 2 N–H and O–H groups in total. The van der Waals surface area contributed by atoms with Crippen LogP contribution in [-0.4, -0.2) is 59.3 Å². The monoisotopic (exact) mass is 470 g/mol. The Morgan fingerprint density at radius 2 is 2.03 bits per heavy atom. The van der Waals surface area contributed by atoms with Crippen molar-refractivity contribution in [3.05, 3.63) is 75.0 Å². The molecule has 0 unspecified atom stereocenters. The molecule has 4 rings (SSSR count). The number of halogens is 1. The van der Waals surface area contributed by atoms with Gasteiger partial charge in [-0.2, -0.15) is 0 Å². The molecule has 0 aliphatic carbocycles. The first-order valence-electron chi connectivity index (χ1n) is 10.7. The molecule has 0 amide bonds. The summed E-state index contributed by atoms with van der Waals surface area (Å²) in [5.74, 6) is 0. The fourth-order valence-electron chi connectivity index (χ4n) is 3.79. The average molecular weight is 471 g/mol. The summed E-state index contributed by atoms with van der Waals surface area (Å²) in [6, 6.07) is 15.5. The van der Waals surface area contributed by atoms with Gasteiger partial charge in [0.1, 0.15) is 0 Å². The van der Waals surface area contributed by atoms with Crippen LogP contribution < -0.4 is 10.9 Å². The van der Waals surface area contributed by atoms with Crippen LogP contribution in [0.2, 0.25) is 5.02 Å². The highest BCUT2D eigenvalue weighted by Crippen LogP contribution is 2.17. The van der Waals surface area contributed by atoms with Gasteiger partial charge in [-0.05, 0) is 60.4 Å². The predicted octanol–water partition coefficient (Wildman–Crippen LogP) is 4.02. The third-order valence-corrected chi connectivity index (χ3v) is 6.19. The molecule has 168 valence electrons. The van der Waals surface area contributed by atoms with Crippen molar-refractivity contribution < 1.29 is 4.74 Å². The number of aromatic nitrogens is 1. The summed E-state index contributed by atoms with van der Waals surface area (Å²) in [6.45, 7) is 7.25. The maximum Gasteiger partial charge on any atom is 0.253 e. The SMILES string of the molecule is Cc1ccc2cc(CN(CCN3CCOCC3)C(=S)Nc3cccc(Cl)c3)c(=O)[nH]c2c1. The zero-order valence-electron chi connectivity index (χ0n) is 18.1. The number of aromatic amines is 1. The lowest BCUT2D eigenvalue weighted by Crippen LogP contribution is -2.44. The molecule has 1 aliphatic heterocycles. The number of thiocarbonyl (C=S) groups is 1. The summed E-state index contributed by atoms with van der Waals surface area (Å²) in [6.07, 6.45) is 0. The number of hydrogen-bond donors (Lipinski definition) is 2. The minimum atomic E-state index is -0.0926. The first-order chi connectivity index (χ1) is 15.5. The molecule has 1 aliphatic rings. The number of benzene rings is 2. The van der Waals surface area contributed by atoms with E-state index >= 15 is 0 Å². The molecular formula is C24H27ClN4O2S. The number of hydrogen-bond acceptors (Lipinski definition) is 4. The van der Waals surface area contributed by atoms with Gasteiger partial charge < -0.3 is 19.9 Å². The molecule has 2 heterocycles. The van der Waals surface area contributed by atoms with Gasteiger partial charge in [-0.1, -0.05) is 29.8 Å². The Labute approximate surface area is 198 Å². The van der Waals surface area contributed by atoms with E-state index < -0.39 is 0 Å². The Balaban J connectivity index is 1.55. The number of ether oxygens (including phenoxy) is 1. The van der Waals surface area contributed by atoms with Crippen LogP contribution in [0, 0.1) is 6.92 Å². The molecule has 8 heteroatoms. The second-order valence-electron chi connectivity index (χ2n) is 8.03. The van der Waals surface area contributed by atoms with Crippen LogP contribution in [0.4, 0.5) is 5.69 Å². The Morgan fingerprint density at radius 1 is 1.22 bits per heavy atom. The summed E-state index contributed by atoms with van der Waals surface area (Å²) >= 11 is 11.9. The normalized spacial score (nSPS) is 14.4. The molecule has 32 heavy (non-hydrogen) atoms. The number of anilines is 1. The van der Waals surface area contributed by atoms with E-state index in [2.05, 4.69) is 15.2 Å². The van der Waals surface area contributed by atoms with Crippen molar-refractivity contribution in [1.82, 2.24) is 14.8 Å². The van der Waals surface area contributed by atoms with E-state index in [0.717, 1.165) is 55.0 Å². The molecule has 0 bridgehead atoms. The topological polar surface area (TPSA) is 60.6 Å². The predicted molar refractivity (Wildman–Crippen MR) is 135 cm³/mol. The van der Waals surface area contributed by atoms with Gasteiger partial charge in [-0.3, -0.25) is 9.69 Å². The van der Waals surface area contributed by atoms with Gasteiger partial charge in [0.2, 0.25) is 0 Å². The lowest BCUT2D eigenvalue weighted by Gasteiger charge is -2.31. The second-order valence-corrected chi connectivity index (χ2v) is 8.85. The number of aryl methyl sites for hydroxylation is 1. The second kappa shape index (κ2) is 10.4. The number of fused-ring (bicyclic) bond motifs is 1. The number of rotatable bonds is 6. The van der Waals surface area contributed by atoms with Gasteiger partial charge in [0.15, 0.2) is 5.11 Å². The number of morpholine rings is 1. The minimum absolute atomic E-state index is 0.0926. The molecule has 1 aromatic heterocycles. The van der Waals surface area contributed by atoms with Crippen molar-refractivity contribution in [3.8, 4) is 0 Å². The van der Waals surface area contributed by atoms with E-state index in [-0.39, 0.29) is 5.56 Å². The van der Waals surface area contributed by atoms with E-state index in [9.17, 15) is 4.79 Å². The first-order valence-corrected chi connectivity index (χ1v) is 11.5. The third-order valence-electron chi connectivity index (χ3n) is 5.59. The molecule has 3 aromatic rings. The molecular weight excluding hydrogens is 444 g/mol. The van der Waals surface area contributed by atoms with Crippen molar-refractivity contribution in [3.63, 3.8) is 0 Å². The Hall–Kier alpha value is -2.45. The largest absolute Gasteiger partial charge is 0.379 e. The zero-order valence-corrected chi connectivity index (χ0v) is 19.6. The van der Waals surface area contributed by atoms with E-state index in [1.807, 2.05) is 60.4 Å². The van der Waals surface area contributed by atoms with Crippen LogP contribution in [0.5, 0.6) is 0 Å². The van der Waals surface area contributed by atoms with Crippen LogP contribution >= 0.6 is 23.8 Å². The summed E-state index contributed by atoms with van der Waals surface area (Å²) in [5.41, 5.74) is 3.36. The molecule has 0 radical (unpaired) electrons. The molecule has 2 aromatic carbocycles. The lowest BCUT2D eigenvalue weighted by molar-refractivity contribution is 0.0358. The number of H-pyrrole nitrogens is 1. The van der Waals surface area contributed by atoms with Crippen LogP contribution in [0.3, 0.4) is 0 Å². The number of pyridine rings is 1. The van der Waals surface area contributed by atoms with Crippen molar-refractivity contribution in [1.29, 1.82) is 0 Å². The maximum absolute atomic E-state index is 12.8. The van der Waals surface area contributed by atoms with Crippen LogP contribution in [-0.2, 0) is 11.3 Å². The maximum atomic E-state index is 12.8. The third kappa shape index (κ3) is 5.86. The van der Waals surface area contributed by atoms with Gasteiger partial charge in [0.25, 0.3) is 5.56 Å². The van der Waals surface area contributed by atoms with Crippen molar-refractivity contribution in [2.24, 2.45) is 0 Å². The van der Waals surface area contributed by atoms with E-state index in [1.54, 1.807) is 0 Å². The fourth-order valence-corrected chi connectivity index (χ4v) is 4.26. The smallest absolute Gasteiger partial charge is 0.253 e. The molecule has 6 nitrogen and oxygen atoms in total. The van der Waals surface area contributed by atoms with Crippen LogP contribution in [0.25, 0.3) is 10.9 Å².